The maximum Gasteiger partial charge on any atom is 0.342 e. The summed E-state index contributed by atoms with van der Waals surface area (Å²) in [5.74, 6) is 2.11. The molecule has 37 heavy (non-hydrogen) atoms. The molecule has 4 rings (SSSR count). The first kappa shape index (κ1) is 26.7. The second kappa shape index (κ2) is 12.7. The van der Waals surface area contributed by atoms with Gasteiger partial charge in [0.25, 0.3) is 0 Å². The summed E-state index contributed by atoms with van der Waals surface area (Å²) in [4.78, 5) is 21.6. The van der Waals surface area contributed by atoms with E-state index in [9.17, 15) is 4.79 Å². The zero-order valence-electron chi connectivity index (χ0n) is 22.2. The van der Waals surface area contributed by atoms with Crippen LogP contribution in [0.4, 0.5) is 5.82 Å². The van der Waals surface area contributed by atoms with Gasteiger partial charge in [0, 0.05) is 52.5 Å². The smallest absolute Gasteiger partial charge is 0.342 e. The van der Waals surface area contributed by atoms with Crippen molar-refractivity contribution in [3.63, 3.8) is 0 Å². The minimum absolute atomic E-state index is 0.0134. The number of rotatable bonds is 10. The van der Waals surface area contributed by atoms with E-state index in [-0.39, 0.29) is 18.2 Å². The van der Waals surface area contributed by atoms with Crippen LogP contribution in [0.2, 0.25) is 0 Å². The Morgan fingerprint density at radius 1 is 1.08 bits per heavy atom. The van der Waals surface area contributed by atoms with Crippen LogP contribution in [0, 0.1) is 0 Å². The first-order valence-electron chi connectivity index (χ1n) is 12.8. The highest BCUT2D eigenvalue weighted by Crippen LogP contribution is 2.23. The Morgan fingerprint density at radius 3 is 2.51 bits per heavy atom. The summed E-state index contributed by atoms with van der Waals surface area (Å²) in [5.41, 5.74) is 2.80. The molecule has 0 amide bonds. The molecule has 1 unspecified atom stereocenters. The molecule has 2 aromatic rings. The van der Waals surface area contributed by atoms with E-state index in [4.69, 9.17) is 18.9 Å². The minimum atomic E-state index is -0.323. The molecule has 1 aliphatic carbocycles. The molecule has 0 spiro atoms. The quantitative estimate of drug-likeness (QED) is 0.443. The first-order valence-corrected chi connectivity index (χ1v) is 12.8. The van der Waals surface area contributed by atoms with Crippen LogP contribution in [0.3, 0.4) is 0 Å². The molecule has 1 aromatic carbocycles. The van der Waals surface area contributed by atoms with Gasteiger partial charge < -0.3 is 23.8 Å². The third-order valence-corrected chi connectivity index (χ3v) is 6.47. The molecular weight excluding hydrogens is 470 g/mol. The van der Waals surface area contributed by atoms with Crippen LogP contribution in [0.25, 0.3) is 0 Å². The molecule has 198 valence electrons. The lowest BCUT2D eigenvalue weighted by Crippen LogP contribution is -2.46. The van der Waals surface area contributed by atoms with Gasteiger partial charge in [-0.1, -0.05) is 12.1 Å². The average molecular weight is 508 g/mol. The SMILES string of the molecule is COC1=CC(COc2ccc(CN3CCN(c4ncccc4C(=O)OC(C)C)CC3)cc2)=CC(OC)C1. The van der Waals surface area contributed by atoms with Gasteiger partial charge in [0.15, 0.2) is 0 Å². The van der Waals surface area contributed by atoms with Crippen molar-refractivity contribution in [3.05, 3.63) is 77.2 Å². The Hall–Kier alpha value is -3.36. The highest BCUT2D eigenvalue weighted by molar-refractivity contribution is 5.94. The van der Waals surface area contributed by atoms with Gasteiger partial charge in [-0.05, 0) is 61.4 Å². The second-order valence-electron chi connectivity index (χ2n) is 9.56. The topological polar surface area (TPSA) is 73.4 Å². The monoisotopic (exact) mass is 507 g/mol. The van der Waals surface area contributed by atoms with E-state index in [0.29, 0.717) is 18.0 Å². The summed E-state index contributed by atoms with van der Waals surface area (Å²) in [7, 11) is 3.39. The highest BCUT2D eigenvalue weighted by atomic mass is 16.5. The minimum Gasteiger partial charge on any atom is -0.501 e. The van der Waals surface area contributed by atoms with E-state index < -0.39 is 0 Å². The highest BCUT2D eigenvalue weighted by Gasteiger charge is 2.24. The van der Waals surface area contributed by atoms with Gasteiger partial charge in [-0.2, -0.15) is 0 Å². The van der Waals surface area contributed by atoms with Gasteiger partial charge in [-0.25, -0.2) is 9.78 Å². The van der Waals surface area contributed by atoms with Crippen LogP contribution in [-0.2, 0) is 20.8 Å². The van der Waals surface area contributed by atoms with Crippen molar-refractivity contribution in [2.45, 2.75) is 39.0 Å². The van der Waals surface area contributed by atoms with Gasteiger partial charge in [0.2, 0.25) is 0 Å². The molecule has 8 nitrogen and oxygen atoms in total. The van der Waals surface area contributed by atoms with E-state index in [0.717, 1.165) is 56.2 Å². The zero-order valence-corrected chi connectivity index (χ0v) is 22.2. The van der Waals surface area contributed by atoms with Crippen LogP contribution in [0.5, 0.6) is 5.75 Å². The van der Waals surface area contributed by atoms with E-state index in [1.54, 1.807) is 32.5 Å². The molecule has 1 atom stereocenters. The van der Waals surface area contributed by atoms with Crippen molar-refractivity contribution in [3.8, 4) is 5.75 Å². The number of anilines is 1. The number of ether oxygens (including phenoxy) is 4. The number of pyridine rings is 1. The molecule has 0 N–H and O–H groups in total. The fourth-order valence-corrected chi connectivity index (χ4v) is 4.51. The normalized spacial score (nSPS) is 18.3. The number of nitrogens with zero attached hydrogens (tertiary/aromatic N) is 3. The Labute approximate surface area is 219 Å². The number of hydrogen-bond acceptors (Lipinski definition) is 8. The Morgan fingerprint density at radius 2 is 1.84 bits per heavy atom. The maximum absolute atomic E-state index is 12.5. The summed E-state index contributed by atoms with van der Waals surface area (Å²) >= 11 is 0. The number of benzene rings is 1. The van der Waals surface area contributed by atoms with Crippen molar-refractivity contribution in [1.29, 1.82) is 0 Å². The third kappa shape index (κ3) is 7.33. The summed E-state index contributed by atoms with van der Waals surface area (Å²) in [6.07, 6.45) is 6.42. The van der Waals surface area contributed by atoms with E-state index in [1.165, 1.54) is 5.56 Å². The number of carbonyl (C=O) groups is 1. The second-order valence-corrected chi connectivity index (χ2v) is 9.56. The number of piperazine rings is 1. The predicted molar refractivity (Wildman–Crippen MR) is 143 cm³/mol. The molecular formula is C29H37N3O5. The van der Waals surface area contributed by atoms with Crippen LogP contribution in [0.15, 0.2) is 66.1 Å². The predicted octanol–water partition coefficient (Wildman–Crippen LogP) is 4.22. The largest absolute Gasteiger partial charge is 0.501 e. The number of hydrogen-bond donors (Lipinski definition) is 0. The molecule has 1 aromatic heterocycles. The van der Waals surface area contributed by atoms with Gasteiger partial charge in [0.1, 0.15) is 23.7 Å². The Bertz CT molecular complexity index is 1100. The summed E-state index contributed by atoms with van der Waals surface area (Å²) in [5, 5.41) is 0. The molecule has 2 aliphatic rings. The van der Waals surface area contributed by atoms with Crippen LogP contribution < -0.4 is 9.64 Å². The summed E-state index contributed by atoms with van der Waals surface area (Å²) in [6, 6.07) is 11.8. The number of carbonyl (C=O) groups excluding carboxylic acids is 1. The standard InChI is InChI=1S/C29H37N3O5/c1-21(2)37-29(33)27-6-5-11-30-28(27)32-14-12-31(13-15-32)19-22-7-9-24(10-8-22)36-20-23-16-25(34-3)18-26(17-23)35-4/h5-11,16-17,21,25H,12-15,18-20H2,1-4H3. The molecule has 2 heterocycles. The Kier molecular flexibility index (Phi) is 9.19. The fraction of sp³-hybridized carbons (Fsp3) is 0.448. The van der Waals surface area contributed by atoms with Gasteiger partial charge >= 0.3 is 5.97 Å². The lowest BCUT2D eigenvalue weighted by Gasteiger charge is -2.36. The number of esters is 1. The molecule has 0 saturated carbocycles. The van der Waals surface area contributed by atoms with Crippen LogP contribution in [0.1, 0.15) is 36.2 Å². The zero-order chi connectivity index (χ0) is 26.2. The fourth-order valence-electron chi connectivity index (χ4n) is 4.51. The Balaban J connectivity index is 1.28. The lowest BCUT2D eigenvalue weighted by atomic mass is 10.0. The van der Waals surface area contributed by atoms with Gasteiger partial charge in [-0.15, -0.1) is 0 Å². The first-order chi connectivity index (χ1) is 17.9. The van der Waals surface area contributed by atoms with E-state index in [1.807, 2.05) is 32.1 Å². The van der Waals surface area contributed by atoms with Gasteiger partial charge in [-0.3, -0.25) is 4.90 Å². The van der Waals surface area contributed by atoms with Gasteiger partial charge in [0.05, 0.1) is 25.1 Å². The van der Waals surface area contributed by atoms with Crippen molar-refractivity contribution in [2.75, 3.05) is 51.9 Å². The molecule has 1 fully saturated rings. The number of methoxy groups -OCH3 is 2. The third-order valence-electron chi connectivity index (χ3n) is 6.47. The maximum atomic E-state index is 12.5. The average Bonchev–Trinajstić information content (AvgIpc) is 2.92. The van der Waals surface area contributed by atoms with E-state index >= 15 is 0 Å². The summed E-state index contributed by atoms with van der Waals surface area (Å²) < 4.78 is 22.3. The lowest BCUT2D eigenvalue weighted by molar-refractivity contribution is 0.0378. The van der Waals surface area contributed by atoms with Crippen LogP contribution >= 0.6 is 0 Å². The van der Waals surface area contributed by atoms with Crippen molar-refractivity contribution < 1.29 is 23.7 Å². The molecule has 1 aliphatic heterocycles. The van der Waals surface area contributed by atoms with Crippen molar-refractivity contribution in [2.24, 2.45) is 0 Å². The molecule has 8 heteroatoms. The van der Waals surface area contributed by atoms with Crippen molar-refractivity contribution >= 4 is 11.8 Å². The van der Waals surface area contributed by atoms with Crippen molar-refractivity contribution in [1.82, 2.24) is 9.88 Å². The molecule has 0 radical (unpaired) electrons. The summed E-state index contributed by atoms with van der Waals surface area (Å²) in [6.45, 7) is 8.40. The number of aromatic nitrogens is 1. The molecule has 0 bridgehead atoms. The molecule has 1 saturated heterocycles. The van der Waals surface area contributed by atoms with E-state index in [2.05, 4.69) is 33.0 Å². The van der Waals surface area contributed by atoms with Crippen LogP contribution in [-0.4, -0.2) is 75.1 Å².